The van der Waals surface area contributed by atoms with Crippen molar-refractivity contribution in [3.05, 3.63) is 91.6 Å². The molecule has 0 aliphatic rings. The first-order chi connectivity index (χ1) is 15.4. The summed E-state index contributed by atoms with van der Waals surface area (Å²) >= 11 is 27.4. The van der Waals surface area contributed by atoms with Crippen molar-refractivity contribution in [3.63, 3.8) is 0 Å². The minimum Gasteiger partial charge on any atom is -0.316 e. The summed E-state index contributed by atoms with van der Waals surface area (Å²) in [6, 6.07) is 14.9. The van der Waals surface area contributed by atoms with Crippen LogP contribution < -0.4 is 10.6 Å². The summed E-state index contributed by atoms with van der Waals surface area (Å²) in [5, 5.41) is 17.4. The van der Waals surface area contributed by atoms with Crippen molar-refractivity contribution in [3.8, 4) is 0 Å². The van der Waals surface area contributed by atoms with E-state index in [1.807, 2.05) is 48.8 Å². The molecule has 0 spiro atoms. The molecule has 0 aliphatic heterocycles. The normalized spacial score (nSPS) is 10.9. The average Bonchev–Trinajstić information content (AvgIpc) is 3.32. The van der Waals surface area contributed by atoms with Gasteiger partial charge in [0.1, 0.15) is 0 Å². The summed E-state index contributed by atoms with van der Waals surface area (Å²) in [4.78, 5) is 0. The van der Waals surface area contributed by atoms with Crippen LogP contribution in [0.5, 0.6) is 0 Å². The Morgan fingerprint density at radius 3 is 2.44 bits per heavy atom. The first kappa shape index (κ1) is 23.1. The molecule has 6 nitrogen and oxygen atoms in total. The Labute approximate surface area is 213 Å². The molecule has 0 saturated carbocycles. The highest BCUT2D eigenvalue weighted by molar-refractivity contribution is 9.10. The molecule has 0 bridgehead atoms. The molecule has 0 fully saturated rings. The summed E-state index contributed by atoms with van der Waals surface area (Å²) in [6.07, 6.45) is 3.70. The Kier molecular flexibility index (Phi) is 7.37. The van der Waals surface area contributed by atoms with Crippen LogP contribution in [0.1, 0.15) is 11.1 Å². The molecule has 0 saturated heterocycles. The predicted molar refractivity (Wildman–Crippen MR) is 138 cm³/mol. The lowest BCUT2D eigenvalue weighted by Crippen LogP contribution is -2.20. The molecular formula is C21H16BrCl3N6S. The van der Waals surface area contributed by atoms with Crippen LogP contribution in [0.15, 0.2) is 65.4 Å². The molecule has 2 heterocycles. The Bertz CT molecular complexity index is 1270. The number of aromatic nitrogens is 4. The van der Waals surface area contributed by atoms with E-state index in [1.54, 1.807) is 21.5 Å². The molecular weight excluding hydrogens is 555 g/mol. The van der Waals surface area contributed by atoms with E-state index in [2.05, 4.69) is 36.8 Å². The van der Waals surface area contributed by atoms with Gasteiger partial charge in [0.15, 0.2) is 16.7 Å². The quantitative estimate of drug-likeness (QED) is 0.253. The van der Waals surface area contributed by atoms with Crippen LogP contribution in [-0.2, 0) is 13.1 Å². The van der Waals surface area contributed by atoms with Gasteiger partial charge in [-0.15, -0.1) is 0 Å². The number of rotatable bonds is 6. The average molecular weight is 571 g/mol. The van der Waals surface area contributed by atoms with Gasteiger partial charge in [-0.25, -0.2) is 0 Å². The molecule has 164 valence electrons. The third kappa shape index (κ3) is 5.82. The highest BCUT2D eigenvalue weighted by Crippen LogP contribution is 2.25. The van der Waals surface area contributed by atoms with Crippen LogP contribution in [0.2, 0.25) is 15.1 Å². The van der Waals surface area contributed by atoms with Crippen LogP contribution in [0, 0.1) is 0 Å². The summed E-state index contributed by atoms with van der Waals surface area (Å²) in [7, 11) is 0. The number of hydrogen-bond donors (Lipinski definition) is 2. The molecule has 2 aromatic carbocycles. The predicted octanol–water partition coefficient (Wildman–Crippen LogP) is 6.71. The van der Waals surface area contributed by atoms with Gasteiger partial charge in [-0.05, 0) is 57.5 Å². The molecule has 32 heavy (non-hydrogen) atoms. The molecule has 0 atom stereocenters. The van der Waals surface area contributed by atoms with E-state index < -0.39 is 0 Å². The van der Waals surface area contributed by atoms with E-state index in [-0.39, 0.29) is 0 Å². The molecule has 0 unspecified atom stereocenters. The van der Waals surface area contributed by atoms with Gasteiger partial charge in [0.2, 0.25) is 0 Å². The maximum atomic E-state index is 6.26. The first-order valence-electron chi connectivity index (χ1n) is 9.39. The second kappa shape index (κ2) is 10.2. The number of nitrogens with zero attached hydrogens (tertiary/aromatic N) is 4. The number of anilines is 2. The third-order valence-corrected chi connectivity index (χ3v) is 6.21. The van der Waals surface area contributed by atoms with E-state index in [9.17, 15) is 0 Å². The molecule has 0 aliphatic carbocycles. The topological polar surface area (TPSA) is 59.7 Å². The maximum absolute atomic E-state index is 6.26. The SMILES string of the molecule is S=C(Nc1ccn(Cc2ccccc2Cl)n1)Nc1nn(Cc2ccc(Cl)cc2Cl)cc1Br. The molecule has 4 aromatic rings. The van der Waals surface area contributed by atoms with Crippen molar-refractivity contribution in [2.24, 2.45) is 0 Å². The van der Waals surface area contributed by atoms with E-state index in [4.69, 9.17) is 47.0 Å². The fourth-order valence-corrected chi connectivity index (χ4v) is 4.24. The van der Waals surface area contributed by atoms with Crippen molar-refractivity contribution in [2.45, 2.75) is 13.1 Å². The highest BCUT2D eigenvalue weighted by Gasteiger charge is 2.11. The van der Waals surface area contributed by atoms with Gasteiger partial charge < -0.3 is 10.6 Å². The van der Waals surface area contributed by atoms with Gasteiger partial charge in [-0.3, -0.25) is 9.36 Å². The van der Waals surface area contributed by atoms with E-state index in [0.717, 1.165) is 15.6 Å². The summed E-state index contributed by atoms with van der Waals surface area (Å²) in [6.45, 7) is 1.05. The zero-order valence-corrected chi connectivity index (χ0v) is 21.1. The highest BCUT2D eigenvalue weighted by atomic mass is 79.9. The summed E-state index contributed by atoms with van der Waals surface area (Å²) in [5.41, 5.74) is 1.89. The van der Waals surface area contributed by atoms with Crippen molar-refractivity contribution in [1.82, 2.24) is 19.6 Å². The minimum atomic E-state index is 0.364. The number of benzene rings is 2. The van der Waals surface area contributed by atoms with Crippen molar-refractivity contribution < 1.29 is 0 Å². The zero-order valence-electron chi connectivity index (χ0n) is 16.4. The van der Waals surface area contributed by atoms with E-state index in [0.29, 0.717) is 44.9 Å². The van der Waals surface area contributed by atoms with Gasteiger partial charge in [-0.1, -0.05) is 59.1 Å². The van der Waals surface area contributed by atoms with Crippen molar-refractivity contribution >= 4 is 79.7 Å². The maximum Gasteiger partial charge on any atom is 0.177 e. The van der Waals surface area contributed by atoms with E-state index in [1.165, 1.54) is 0 Å². The van der Waals surface area contributed by atoms with Crippen molar-refractivity contribution in [2.75, 3.05) is 10.6 Å². The molecule has 2 N–H and O–H groups in total. The smallest absolute Gasteiger partial charge is 0.177 e. The zero-order chi connectivity index (χ0) is 22.7. The lowest BCUT2D eigenvalue weighted by Gasteiger charge is -2.07. The second-order valence-electron chi connectivity index (χ2n) is 6.83. The number of halogens is 4. The lowest BCUT2D eigenvalue weighted by molar-refractivity contribution is 0.689. The van der Waals surface area contributed by atoms with Crippen LogP contribution in [0.25, 0.3) is 0 Å². The Hall–Kier alpha value is -2.10. The lowest BCUT2D eigenvalue weighted by atomic mass is 10.2. The Balaban J connectivity index is 1.37. The van der Waals surface area contributed by atoms with Gasteiger partial charge in [-0.2, -0.15) is 10.2 Å². The standard InChI is InChI=1S/C21H16BrCl3N6S/c22-16-12-31(11-14-5-6-15(23)9-18(14)25)29-20(16)27-21(32)26-19-7-8-30(28-19)10-13-3-1-2-4-17(13)24/h1-9,12H,10-11H2,(H2,26,27,28,29,32). The van der Waals surface area contributed by atoms with Crippen molar-refractivity contribution in [1.29, 1.82) is 0 Å². The number of thiocarbonyl (C=S) groups is 1. The molecule has 4 rings (SSSR count). The van der Waals surface area contributed by atoms with Gasteiger partial charge in [0, 0.05) is 33.5 Å². The van der Waals surface area contributed by atoms with Crippen LogP contribution in [0.4, 0.5) is 11.6 Å². The molecule has 11 heteroatoms. The molecule has 0 amide bonds. The fourth-order valence-electron chi connectivity index (χ4n) is 2.96. The van der Waals surface area contributed by atoms with E-state index >= 15 is 0 Å². The minimum absolute atomic E-state index is 0.364. The van der Waals surface area contributed by atoms with Crippen LogP contribution in [0.3, 0.4) is 0 Å². The van der Waals surface area contributed by atoms with Crippen LogP contribution in [-0.4, -0.2) is 24.7 Å². The Morgan fingerprint density at radius 1 is 0.906 bits per heavy atom. The first-order valence-corrected chi connectivity index (χ1v) is 11.7. The Morgan fingerprint density at radius 2 is 1.66 bits per heavy atom. The van der Waals surface area contributed by atoms with Gasteiger partial charge in [0.25, 0.3) is 0 Å². The van der Waals surface area contributed by atoms with Gasteiger partial charge >= 0.3 is 0 Å². The number of nitrogens with one attached hydrogen (secondary N) is 2. The fraction of sp³-hybridized carbons (Fsp3) is 0.0952. The number of hydrogen-bond acceptors (Lipinski definition) is 3. The van der Waals surface area contributed by atoms with Crippen LogP contribution >= 0.6 is 63.0 Å². The summed E-state index contributed by atoms with van der Waals surface area (Å²) < 4.78 is 4.30. The van der Waals surface area contributed by atoms with Gasteiger partial charge in [0.05, 0.1) is 17.6 Å². The second-order valence-corrected chi connectivity index (χ2v) is 9.34. The summed E-state index contributed by atoms with van der Waals surface area (Å²) in [5.74, 6) is 1.18. The largest absolute Gasteiger partial charge is 0.316 e. The molecule has 0 radical (unpaired) electrons. The molecule has 2 aromatic heterocycles. The third-order valence-electron chi connectivity index (χ3n) is 4.47. The monoisotopic (exact) mass is 568 g/mol.